The standard InChI is InChI=1S/C19H19FN6OS/c1-13(15-5-3-2-4-6-15)23-24-18-22-19(26-25-18)28-12-17(27)21-11-14-7-9-16(20)10-8-14/h2-10H,11-12H2,1H3,(H,21,27)(H2,22,24,25,26)/b23-13+. The molecule has 1 aromatic heterocycles. The number of aromatic nitrogens is 3. The van der Waals surface area contributed by atoms with E-state index in [-0.39, 0.29) is 17.5 Å². The van der Waals surface area contributed by atoms with Crippen LogP contribution in [0.3, 0.4) is 0 Å². The SMILES string of the molecule is C/C(=N\Nc1nc(SCC(=O)NCc2ccc(F)cc2)n[nH]1)c1ccccc1. The van der Waals surface area contributed by atoms with E-state index in [9.17, 15) is 9.18 Å². The highest BCUT2D eigenvalue weighted by molar-refractivity contribution is 7.99. The lowest BCUT2D eigenvalue weighted by Crippen LogP contribution is -2.24. The Morgan fingerprint density at radius 3 is 2.68 bits per heavy atom. The maximum atomic E-state index is 12.9. The van der Waals surface area contributed by atoms with Crippen molar-refractivity contribution in [3.63, 3.8) is 0 Å². The number of halogens is 1. The summed E-state index contributed by atoms with van der Waals surface area (Å²) in [7, 11) is 0. The van der Waals surface area contributed by atoms with Gasteiger partial charge in [0.15, 0.2) is 0 Å². The molecule has 0 fully saturated rings. The topological polar surface area (TPSA) is 95.1 Å². The predicted octanol–water partition coefficient (Wildman–Crippen LogP) is 3.19. The largest absolute Gasteiger partial charge is 0.351 e. The van der Waals surface area contributed by atoms with Crippen LogP contribution in [-0.2, 0) is 11.3 Å². The van der Waals surface area contributed by atoms with Crippen LogP contribution in [0, 0.1) is 5.82 Å². The lowest BCUT2D eigenvalue weighted by molar-refractivity contribution is -0.118. The molecular weight excluding hydrogens is 379 g/mol. The Bertz CT molecular complexity index is 943. The number of carbonyl (C=O) groups excluding carboxylic acids is 1. The lowest BCUT2D eigenvalue weighted by atomic mass is 10.1. The summed E-state index contributed by atoms with van der Waals surface area (Å²) in [6.07, 6.45) is 0. The maximum Gasteiger partial charge on any atom is 0.240 e. The number of carbonyl (C=O) groups is 1. The zero-order chi connectivity index (χ0) is 19.8. The van der Waals surface area contributed by atoms with Gasteiger partial charge >= 0.3 is 0 Å². The van der Waals surface area contributed by atoms with E-state index in [0.717, 1.165) is 16.8 Å². The molecule has 1 amide bonds. The van der Waals surface area contributed by atoms with Gasteiger partial charge in [0.1, 0.15) is 5.82 Å². The molecule has 28 heavy (non-hydrogen) atoms. The molecule has 0 aliphatic heterocycles. The van der Waals surface area contributed by atoms with E-state index < -0.39 is 0 Å². The van der Waals surface area contributed by atoms with Crippen LogP contribution >= 0.6 is 11.8 Å². The van der Waals surface area contributed by atoms with Gasteiger partial charge in [-0.25, -0.2) is 14.9 Å². The first kappa shape index (κ1) is 19.6. The number of hydrazone groups is 1. The van der Waals surface area contributed by atoms with Gasteiger partial charge in [-0.3, -0.25) is 4.79 Å². The van der Waals surface area contributed by atoms with Crippen LogP contribution in [0.25, 0.3) is 0 Å². The second-order valence-electron chi connectivity index (χ2n) is 5.83. The number of nitrogens with zero attached hydrogens (tertiary/aromatic N) is 3. The number of nitrogens with one attached hydrogen (secondary N) is 3. The highest BCUT2D eigenvalue weighted by Gasteiger charge is 2.08. The summed E-state index contributed by atoms with van der Waals surface area (Å²) in [5.41, 5.74) is 5.46. The van der Waals surface area contributed by atoms with Crippen molar-refractivity contribution < 1.29 is 9.18 Å². The number of thioether (sulfide) groups is 1. The third kappa shape index (κ3) is 5.92. The van der Waals surface area contributed by atoms with Crippen molar-refractivity contribution in [1.29, 1.82) is 0 Å². The van der Waals surface area contributed by atoms with Crippen LogP contribution in [0.1, 0.15) is 18.1 Å². The van der Waals surface area contributed by atoms with Crippen molar-refractivity contribution in [2.24, 2.45) is 5.10 Å². The number of benzene rings is 2. The van der Waals surface area contributed by atoms with Crippen LogP contribution in [0.5, 0.6) is 0 Å². The van der Waals surface area contributed by atoms with Gasteiger partial charge in [-0.1, -0.05) is 54.2 Å². The normalized spacial score (nSPS) is 11.3. The van der Waals surface area contributed by atoms with E-state index in [1.165, 1.54) is 23.9 Å². The number of rotatable bonds is 8. The van der Waals surface area contributed by atoms with E-state index in [0.29, 0.717) is 17.6 Å². The van der Waals surface area contributed by atoms with Crippen molar-refractivity contribution >= 4 is 29.3 Å². The molecule has 0 radical (unpaired) electrons. The molecule has 0 unspecified atom stereocenters. The van der Waals surface area contributed by atoms with Crippen molar-refractivity contribution in [2.45, 2.75) is 18.6 Å². The van der Waals surface area contributed by atoms with E-state index in [2.05, 4.69) is 31.0 Å². The minimum absolute atomic E-state index is 0.161. The van der Waals surface area contributed by atoms with Gasteiger partial charge < -0.3 is 5.32 Å². The minimum atomic E-state index is -0.303. The maximum absolute atomic E-state index is 12.9. The number of H-pyrrole nitrogens is 1. The summed E-state index contributed by atoms with van der Waals surface area (Å²) >= 11 is 1.20. The molecule has 0 spiro atoms. The van der Waals surface area contributed by atoms with Crippen LogP contribution < -0.4 is 10.7 Å². The van der Waals surface area contributed by atoms with Crippen LogP contribution in [-0.4, -0.2) is 32.6 Å². The summed E-state index contributed by atoms with van der Waals surface area (Å²) in [5, 5.41) is 14.2. The van der Waals surface area contributed by atoms with Crippen LogP contribution in [0.2, 0.25) is 0 Å². The fraction of sp³-hybridized carbons (Fsp3) is 0.158. The lowest BCUT2D eigenvalue weighted by Gasteiger charge is -2.04. The number of aromatic amines is 1. The molecule has 144 valence electrons. The Labute approximate surface area is 165 Å². The monoisotopic (exact) mass is 398 g/mol. The van der Waals surface area contributed by atoms with E-state index in [1.54, 1.807) is 12.1 Å². The summed E-state index contributed by atoms with van der Waals surface area (Å²) < 4.78 is 12.9. The third-order valence-corrected chi connectivity index (χ3v) is 4.57. The molecule has 9 heteroatoms. The van der Waals surface area contributed by atoms with E-state index in [1.807, 2.05) is 37.3 Å². The van der Waals surface area contributed by atoms with Crippen LogP contribution in [0.15, 0.2) is 64.9 Å². The molecule has 0 saturated carbocycles. The average molecular weight is 398 g/mol. The minimum Gasteiger partial charge on any atom is -0.351 e. The molecule has 3 rings (SSSR count). The number of amides is 1. The quantitative estimate of drug-likeness (QED) is 0.308. The molecule has 7 nitrogen and oxygen atoms in total. The summed E-state index contributed by atoms with van der Waals surface area (Å²) in [4.78, 5) is 16.2. The highest BCUT2D eigenvalue weighted by Crippen LogP contribution is 2.14. The fourth-order valence-electron chi connectivity index (χ4n) is 2.23. The van der Waals surface area contributed by atoms with Crippen molar-refractivity contribution in [3.8, 4) is 0 Å². The number of hydrogen-bond donors (Lipinski definition) is 3. The van der Waals surface area contributed by atoms with Gasteiger partial charge in [0.05, 0.1) is 11.5 Å². The number of hydrogen-bond acceptors (Lipinski definition) is 6. The molecule has 3 N–H and O–H groups in total. The molecule has 0 bridgehead atoms. The Hall–Kier alpha value is -3.20. The summed E-state index contributed by atoms with van der Waals surface area (Å²) in [6.45, 7) is 2.23. The fourth-order valence-corrected chi connectivity index (χ4v) is 2.85. The zero-order valence-electron chi connectivity index (χ0n) is 15.1. The van der Waals surface area contributed by atoms with E-state index >= 15 is 0 Å². The smallest absolute Gasteiger partial charge is 0.240 e. The highest BCUT2D eigenvalue weighted by atomic mass is 32.2. The molecular formula is C19H19FN6OS. The second kappa shape index (κ2) is 9.65. The first-order chi connectivity index (χ1) is 13.6. The molecule has 0 aliphatic rings. The zero-order valence-corrected chi connectivity index (χ0v) is 16.0. The van der Waals surface area contributed by atoms with Gasteiger partial charge in [-0.05, 0) is 30.2 Å². The molecule has 0 atom stereocenters. The molecule has 0 aliphatic carbocycles. The van der Waals surface area contributed by atoms with Gasteiger partial charge in [0, 0.05) is 6.54 Å². The molecule has 2 aromatic carbocycles. The Morgan fingerprint density at radius 2 is 1.93 bits per heavy atom. The van der Waals surface area contributed by atoms with E-state index in [4.69, 9.17) is 0 Å². The van der Waals surface area contributed by atoms with Crippen LogP contribution in [0.4, 0.5) is 10.3 Å². The predicted molar refractivity (Wildman–Crippen MR) is 108 cm³/mol. The van der Waals surface area contributed by atoms with Gasteiger partial charge in [0.25, 0.3) is 0 Å². The van der Waals surface area contributed by atoms with Crippen molar-refractivity contribution in [3.05, 3.63) is 71.5 Å². The first-order valence-electron chi connectivity index (χ1n) is 8.52. The summed E-state index contributed by atoms with van der Waals surface area (Å²) in [6, 6.07) is 15.7. The van der Waals surface area contributed by atoms with Gasteiger partial charge in [0.2, 0.25) is 17.0 Å². The molecule has 0 saturated heterocycles. The van der Waals surface area contributed by atoms with Gasteiger partial charge in [-0.2, -0.15) is 10.1 Å². The number of anilines is 1. The first-order valence-corrected chi connectivity index (χ1v) is 9.51. The third-order valence-electron chi connectivity index (χ3n) is 3.72. The Morgan fingerprint density at radius 1 is 1.18 bits per heavy atom. The Kier molecular flexibility index (Phi) is 6.74. The average Bonchev–Trinajstić information content (AvgIpc) is 3.18. The molecule has 3 aromatic rings. The molecule has 1 heterocycles. The van der Waals surface area contributed by atoms with Gasteiger partial charge in [-0.15, -0.1) is 5.10 Å². The second-order valence-corrected chi connectivity index (χ2v) is 6.78. The Balaban J connectivity index is 1.44. The van der Waals surface area contributed by atoms with Crippen molar-refractivity contribution in [1.82, 2.24) is 20.5 Å². The summed E-state index contributed by atoms with van der Waals surface area (Å²) in [5.74, 6) is 0.101. The van der Waals surface area contributed by atoms with Crippen molar-refractivity contribution in [2.75, 3.05) is 11.2 Å².